The molecule has 0 spiro atoms. The largest absolute Gasteiger partial charge is 0.506 e. The Labute approximate surface area is 103 Å². The number of rotatable bonds is 2. The van der Waals surface area contributed by atoms with Crippen molar-refractivity contribution >= 4 is 11.5 Å². The first-order valence-corrected chi connectivity index (χ1v) is 5.33. The van der Waals surface area contributed by atoms with E-state index in [1.165, 1.54) is 23.7 Å². The van der Waals surface area contributed by atoms with Crippen LogP contribution in [0.25, 0.3) is 0 Å². The monoisotopic (exact) mass is 247 g/mol. The maximum atomic E-state index is 11.7. The summed E-state index contributed by atoms with van der Waals surface area (Å²) in [5.41, 5.74) is -0.405. The van der Waals surface area contributed by atoms with Crippen molar-refractivity contribution in [3.05, 3.63) is 51.2 Å². The molecule has 6 nitrogen and oxygen atoms in total. The molecule has 0 saturated carbocycles. The third-order valence-corrected chi connectivity index (χ3v) is 2.69. The first-order valence-electron chi connectivity index (χ1n) is 5.33. The number of phenols is 1. The Morgan fingerprint density at radius 3 is 2.44 bits per heavy atom. The maximum Gasteiger partial charge on any atom is 0.332 e. The number of aromatic nitrogens is 2. The third kappa shape index (κ3) is 2.00. The molecule has 0 fully saturated rings. The van der Waals surface area contributed by atoms with Crippen LogP contribution in [-0.2, 0) is 14.1 Å². The SMILES string of the molecule is Cn1c(Nc2ccccc2O)cc(=O)n(C)c1=O. The van der Waals surface area contributed by atoms with Crippen molar-refractivity contribution in [2.75, 3.05) is 5.32 Å². The summed E-state index contributed by atoms with van der Waals surface area (Å²) in [7, 11) is 2.96. The van der Waals surface area contributed by atoms with Crippen LogP contribution >= 0.6 is 0 Å². The van der Waals surface area contributed by atoms with E-state index in [4.69, 9.17) is 0 Å². The van der Waals surface area contributed by atoms with E-state index >= 15 is 0 Å². The predicted molar refractivity (Wildman–Crippen MR) is 68.3 cm³/mol. The van der Waals surface area contributed by atoms with E-state index in [9.17, 15) is 14.7 Å². The first kappa shape index (κ1) is 12.0. The summed E-state index contributed by atoms with van der Waals surface area (Å²) < 4.78 is 2.31. The number of para-hydroxylation sites is 2. The summed E-state index contributed by atoms with van der Waals surface area (Å²) in [6.45, 7) is 0. The van der Waals surface area contributed by atoms with Gasteiger partial charge in [-0.25, -0.2) is 4.79 Å². The van der Waals surface area contributed by atoms with Gasteiger partial charge in [-0.1, -0.05) is 12.1 Å². The Balaban J connectivity index is 2.52. The van der Waals surface area contributed by atoms with E-state index in [1.54, 1.807) is 25.2 Å². The molecule has 0 saturated heterocycles. The number of phenolic OH excluding ortho intramolecular Hbond substituents is 1. The normalized spacial score (nSPS) is 10.3. The highest BCUT2D eigenvalue weighted by atomic mass is 16.3. The smallest absolute Gasteiger partial charge is 0.332 e. The molecule has 0 amide bonds. The van der Waals surface area contributed by atoms with Crippen molar-refractivity contribution < 1.29 is 5.11 Å². The van der Waals surface area contributed by atoms with Crippen LogP contribution in [0.5, 0.6) is 5.75 Å². The predicted octanol–water partition coefficient (Wildman–Crippen LogP) is 0.533. The van der Waals surface area contributed by atoms with Gasteiger partial charge in [-0.05, 0) is 12.1 Å². The zero-order chi connectivity index (χ0) is 13.3. The number of anilines is 2. The molecule has 0 aliphatic rings. The van der Waals surface area contributed by atoms with Crippen LogP contribution in [0.15, 0.2) is 39.9 Å². The summed E-state index contributed by atoms with van der Waals surface area (Å²) in [4.78, 5) is 23.2. The van der Waals surface area contributed by atoms with Crippen LogP contribution in [0.3, 0.4) is 0 Å². The third-order valence-electron chi connectivity index (χ3n) is 2.69. The molecular weight excluding hydrogens is 234 g/mol. The van der Waals surface area contributed by atoms with E-state index in [2.05, 4.69) is 5.32 Å². The van der Waals surface area contributed by atoms with Gasteiger partial charge >= 0.3 is 5.69 Å². The fourth-order valence-electron chi connectivity index (χ4n) is 1.57. The molecule has 18 heavy (non-hydrogen) atoms. The summed E-state index contributed by atoms with van der Waals surface area (Å²) in [6, 6.07) is 7.89. The van der Waals surface area contributed by atoms with Crippen LogP contribution in [0.4, 0.5) is 11.5 Å². The second kappa shape index (κ2) is 4.40. The average Bonchev–Trinajstić information content (AvgIpc) is 2.36. The topological polar surface area (TPSA) is 76.3 Å². The van der Waals surface area contributed by atoms with Crippen LogP contribution in [-0.4, -0.2) is 14.2 Å². The molecular formula is C12H13N3O3. The highest BCUT2D eigenvalue weighted by Gasteiger charge is 2.07. The summed E-state index contributed by atoms with van der Waals surface area (Å²) in [5, 5.41) is 12.5. The quantitative estimate of drug-likeness (QED) is 0.759. The molecule has 0 bridgehead atoms. The van der Waals surface area contributed by atoms with Crippen molar-refractivity contribution in [3.63, 3.8) is 0 Å². The van der Waals surface area contributed by atoms with Crippen LogP contribution in [0.2, 0.25) is 0 Å². The van der Waals surface area contributed by atoms with E-state index in [-0.39, 0.29) is 5.75 Å². The maximum absolute atomic E-state index is 11.7. The zero-order valence-electron chi connectivity index (χ0n) is 10.0. The second-order valence-corrected chi connectivity index (χ2v) is 3.91. The Hall–Kier alpha value is -2.50. The molecule has 0 aliphatic heterocycles. The summed E-state index contributed by atoms with van der Waals surface area (Å²) in [6.07, 6.45) is 0. The van der Waals surface area contributed by atoms with E-state index in [1.807, 2.05) is 0 Å². The lowest BCUT2D eigenvalue weighted by atomic mass is 10.3. The highest BCUT2D eigenvalue weighted by Crippen LogP contribution is 2.24. The van der Waals surface area contributed by atoms with Gasteiger partial charge in [0.05, 0.1) is 5.69 Å². The van der Waals surface area contributed by atoms with Gasteiger partial charge in [-0.3, -0.25) is 13.9 Å². The number of benzene rings is 1. The standard InChI is InChI=1S/C12H13N3O3/c1-14-10(7-11(17)15(2)12(14)18)13-8-5-3-4-6-9(8)16/h3-7,13,16H,1-2H3. The van der Waals surface area contributed by atoms with Crippen LogP contribution in [0.1, 0.15) is 0 Å². The van der Waals surface area contributed by atoms with Gasteiger partial charge in [-0.2, -0.15) is 0 Å². The number of nitrogens with zero attached hydrogens (tertiary/aromatic N) is 2. The number of hydrogen-bond donors (Lipinski definition) is 2. The summed E-state index contributed by atoms with van der Waals surface area (Å²) >= 11 is 0. The van der Waals surface area contributed by atoms with Gasteiger partial charge in [0.15, 0.2) is 0 Å². The van der Waals surface area contributed by atoms with Gasteiger partial charge in [0.25, 0.3) is 5.56 Å². The van der Waals surface area contributed by atoms with Crippen molar-refractivity contribution in [1.82, 2.24) is 9.13 Å². The van der Waals surface area contributed by atoms with Gasteiger partial charge in [0, 0.05) is 20.2 Å². The molecule has 6 heteroatoms. The molecule has 0 radical (unpaired) electrons. The van der Waals surface area contributed by atoms with Crippen molar-refractivity contribution in [2.24, 2.45) is 14.1 Å². The Bertz CT molecular complexity index is 700. The van der Waals surface area contributed by atoms with E-state index < -0.39 is 11.2 Å². The lowest BCUT2D eigenvalue weighted by molar-refractivity contribution is 0.477. The van der Waals surface area contributed by atoms with E-state index in [0.717, 1.165) is 4.57 Å². The van der Waals surface area contributed by atoms with Crippen molar-refractivity contribution in [1.29, 1.82) is 0 Å². The molecule has 0 aliphatic carbocycles. The Morgan fingerprint density at radius 2 is 1.78 bits per heavy atom. The van der Waals surface area contributed by atoms with Gasteiger partial charge in [-0.15, -0.1) is 0 Å². The van der Waals surface area contributed by atoms with Crippen molar-refractivity contribution in [3.8, 4) is 5.75 Å². The van der Waals surface area contributed by atoms with Gasteiger partial charge < -0.3 is 10.4 Å². The molecule has 0 unspecified atom stereocenters. The van der Waals surface area contributed by atoms with Gasteiger partial charge in [0.1, 0.15) is 11.6 Å². The van der Waals surface area contributed by atoms with E-state index in [0.29, 0.717) is 11.5 Å². The Morgan fingerprint density at radius 1 is 1.11 bits per heavy atom. The highest BCUT2D eigenvalue weighted by molar-refractivity contribution is 5.63. The van der Waals surface area contributed by atoms with Crippen molar-refractivity contribution in [2.45, 2.75) is 0 Å². The fourth-order valence-corrected chi connectivity index (χ4v) is 1.57. The van der Waals surface area contributed by atoms with Crippen LogP contribution in [0, 0.1) is 0 Å². The molecule has 2 aromatic rings. The zero-order valence-corrected chi connectivity index (χ0v) is 10.0. The minimum Gasteiger partial charge on any atom is -0.506 e. The second-order valence-electron chi connectivity index (χ2n) is 3.91. The lowest BCUT2D eigenvalue weighted by Crippen LogP contribution is -2.37. The number of aromatic hydroxyl groups is 1. The lowest BCUT2D eigenvalue weighted by Gasteiger charge is -2.12. The molecule has 1 aromatic heterocycles. The molecule has 1 heterocycles. The molecule has 2 N–H and O–H groups in total. The first-order chi connectivity index (χ1) is 8.50. The molecule has 94 valence electrons. The molecule has 2 rings (SSSR count). The van der Waals surface area contributed by atoms with Crippen LogP contribution < -0.4 is 16.6 Å². The minimum atomic E-state index is -0.430. The fraction of sp³-hybridized carbons (Fsp3) is 0.167. The van der Waals surface area contributed by atoms with Gasteiger partial charge in [0.2, 0.25) is 0 Å². The molecule has 0 atom stereocenters. The summed E-state index contributed by atoms with van der Waals surface area (Å²) in [5.74, 6) is 0.371. The number of hydrogen-bond acceptors (Lipinski definition) is 4. The molecule has 1 aromatic carbocycles. The number of nitrogens with one attached hydrogen (secondary N) is 1. The average molecular weight is 247 g/mol. The Kier molecular flexibility index (Phi) is 2.93. The minimum absolute atomic E-state index is 0.0469.